The topological polar surface area (TPSA) is 49.3 Å². The number of rotatable bonds is 7. The first kappa shape index (κ1) is 18.4. The summed E-state index contributed by atoms with van der Waals surface area (Å²) >= 11 is 1.77. The molecule has 0 radical (unpaired) electrons. The fourth-order valence-corrected chi connectivity index (χ4v) is 3.43. The molecule has 0 atom stereocenters. The zero-order valence-electron chi connectivity index (χ0n) is 14.5. The van der Waals surface area contributed by atoms with E-state index in [2.05, 4.69) is 34.5 Å². The Morgan fingerprint density at radius 1 is 1.17 bits per heavy atom. The summed E-state index contributed by atoms with van der Waals surface area (Å²) in [7, 11) is 1.76. The van der Waals surface area contributed by atoms with Gasteiger partial charge in [-0.25, -0.2) is 9.37 Å². The van der Waals surface area contributed by atoms with E-state index in [1.807, 2.05) is 12.1 Å². The highest BCUT2D eigenvalue weighted by molar-refractivity contribution is 7.11. The maximum Gasteiger partial charge on any atom is 0.191 e. The minimum Gasteiger partial charge on any atom is -0.356 e. The van der Waals surface area contributed by atoms with E-state index in [0.29, 0.717) is 0 Å². The van der Waals surface area contributed by atoms with E-state index in [-0.39, 0.29) is 5.82 Å². The Bertz CT molecular complexity index is 664. The first-order valence-electron chi connectivity index (χ1n) is 8.26. The lowest BCUT2D eigenvalue weighted by Gasteiger charge is -2.11. The number of thiazole rings is 1. The van der Waals surface area contributed by atoms with E-state index in [1.165, 1.54) is 27.7 Å². The number of nitrogens with one attached hydrogen (secondary N) is 2. The quantitative estimate of drug-likeness (QED) is 0.597. The first-order valence-corrected chi connectivity index (χ1v) is 9.08. The summed E-state index contributed by atoms with van der Waals surface area (Å²) in [6.07, 6.45) is 2.71. The maximum absolute atomic E-state index is 12.9. The smallest absolute Gasteiger partial charge is 0.191 e. The monoisotopic (exact) mass is 348 g/mol. The van der Waals surface area contributed by atoms with E-state index >= 15 is 0 Å². The lowest BCUT2D eigenvalue weighted by Crippen LogP contribution is -2.39. The van der Waals surface area contributed by atoms with Crippen LogP contribution in [0.5, 0.6) is 0 Å². The van der Waals surface area contributed by atoms with Crippen LogP contribution in [0, 0.1) is 12.7 Å². The van der Waals surface area contributed by atoms with Crippen molar-refractivity contribution in [3.05, 3.63) is 51.2 Å². The van der Waals surface area contributed by atoms with Crippen LogP contribution in [0.25, 0.3) is 0 Å². The molecule has 0 unspecified atom stereocenters. The van der Waals surface area contributed by atoms with Crippen LogP contribution in [0.3, 0.4) is 0 Å². The molecule has 2 N–H and O–H groups in total. The third kappa shape index (κ3) is 5.60. The maximum atomic E-state index is 12.9. The number of aliphatic imine (C=N–C) groups is 1. The highest BCUT2D eigenvalue weighted by Gasteiger charge is 2.06. The van der Waals surface area contributed by atoms with Crippen LogP contribution >= 0.6 is 11.3 Å². The summed E-state index contributed by atoms with van der Waals surface area (Å²) in [5, 5.41) is 7.75. The van der Waals surface area contributed by atoms with Crippen LogP contribution < -0.4 is 10.6 Å². The molecule has 0 saturated carbocycles. The molecule has 1 aromatic heterocycles. The molecule has 1 aromatic carbocycles. The molecule has 1 heterocycles. The second kappa shape index (κ2) is 9.37. The van der Waals surface area contributed by atoms with Crippen molar-refractivity contribution in [2.75, 3.05) is 20.1 Å². The minimum atomic E-state index is -0.201. The van der Waals surface area contributed by atoms with Crippen molar-refractivity contribution in [1.29, 1.82) is 0 Å². The second-order valence-electron chi connectivity index (χ2n) is 5.52. The van der Waals surface area contributed by atoms with Crippen molar-refractivity contribution in [2.45, 2.75) is 33.1 Å². The average molecular weight is 348 g/mol. The van der Waals surface area contributed by atoms with Crippen LogP contribution in [0.4, 0.5) is 4.39 Å². The van der Waals surface area contributed by atoms with Gasteiger partial charge in [0.1, 0.15) is 5.82 Å². The molecule has 6 heteroatoms. The molecular formula is C18H25FN4S. The van der Waals surface area contributed by atoms with Gasteiger partial charge in [-0.15, -0.1) is 11.3 Å². The number of nitrogens with zero attached hydrogens (tertiary/aromatic N) is 2. The zero-order chi connectivity index (χ0) is 17.4. The van der Waals surface area contributed by atoms with E-state index in [0.717, 1.165) is 43.9 Å². The summed E-state index contributed by atoms with van der Waals surface area (Å²) in [6, 6.07) is 6.60. The number of benzene rings is 1. The third-order valence-corrected chi connectivity index (χ3v) is 4.82. The van der Waals surface area contributed by atoms with Crippen molar-refractivity contribution in [2.24, 2.45) is 4.99 Å². The predicted octanol–water partition coefficient (Wildman–Crippen LogP) is 3.10. The van der Waals surface area contributed by atoms with Crippen LogP contribution in [-0.2, 0) is 19.3 Å². The SMILES string of the molecule is CCc1nc(CCNC(=NC)NCCc2ccc(F)cc2)sc1C. The number of aryl methyl sites for hydroxylation is 2. The molecule has 130 valence electrons. The normalized spacial score (nSPS) is 11.6. The fourth-order valence-electron chi connectivity index (χ4n) is 2.41. The van der Waals surface area contributed by atoms with Gasteiger partial charge >= 0.3 is 0 Å². The van der Waals surface area contributed by atoms with Gasteiger partial charge in [-0.1, -0.05) is 19.1 Å². The van der Waals surface area contributed by atoms with Crippen LogP contribution in [0.1, 0.15) is 28.1 Å². The molecule has 0 amide bonds. The average Bonchev–Trinajstić information content (AvgIpc) is 2.95. The standard InChI is InChI=1S/C18H25FN4S/c1-4-16-13(2)24-17(23-16)10-12-22-18(20-3)21-11-9-14-5-7-15(19)8-6-14/h5-8H,4,9-12H2,1-3H3,(H2,20,21,22). The first-order chi connectivity index (χ1) is 11.6. The van der Waals surface area contributed by atoms with Crippen molar-refractivity contribution in [3.63, 3.8) is 0 Å². The fraction of sp³-hybridized carbons (Fsp3) is 0.444. The number of halogens is 1. The van der Waals surface area contributed by atoms with E-state index in [9.17, 15) is 4.39 Å². The molecule has 4 nitrogen and oxygen atoms in total. The van der Waals surface area contributed by atoms with E-state index in [1.54, 1.807) is 18.4 Å². The summed E-state index contributed by atoms with van der Waals surface area (Å²) in [5.41, 5.74) is 2.31. The Morgan fingerprint density at radius 2 is 1.83 bits per heavy atom. The predicted molar refractivity (Wildman–Crippen MR) is 99.4 cm³/mol. The van der Waals surface area contributed by atoms with Gasteiger partial charge in [0.2, 0.25) is 0 Å². The summed E-state index contributed by atoms with van der Waals surface area (Å²) < 4.78 is 12.9. The molecule has 24 heavy (non-hydrogen) atoms. The van der Waals surface area contributed by atoms with Gasteiger partial charge < -0.3 is 10.6 Å². The summed E-state index contributed by atoms with van der Waals surface area (Å²) in [6.45, 7) is 5.81. The molecule has 0 aliphatic rings. The Hall–Kier alpha value is -1.95. The summed E-state index contributed by atoms with van der Waals surface area (Å²) in [5.74, 6) is 0.578. The molecular weight excluding hydrogens is 323 g/mol. The number of guanidine groups is 1. The molecule has 0 spiro atoms. The van der Waals surface area contributed by atoms with Gasteiger partial charge in [0.05, 0.1) is 10.7 Å². The van der Waals surface area contributed by atoms with Crippen molar-refractivity contribution < 1.29 is 4.39 Å². The largest absolute Gasteiger partial charge is 0.356 e. The molecule has 0 aliphatic heterocycles. The second-order valence-corrected chi connectivity index (χ2v) is 6.80. The lowest BCUT2D eigenvalue weighted by atomic mass is 10.1. The Kier molecular flexibility index (Phi) is 7.18. The third-order valence-electron chi connectivity index (χ3n) is 3.75. The number of hydrogen-bond acceptors (Lipinski definition) is 3. The van der Waals surface area contributed by atoms with Gasteiger partial charge in [0.15, 0.2) is 5.96 Å². The van der Waals surface area contributed by atoms with Gasteiger partial charge in [-0.3, -0.25) is 4.99 Å². The van der Waals surface area contributed by atoms with Crippen molar-refractivity contribution in [3.8, 4) is 0 Å². The Morgan fingerprint density at radius 3 is 2.42 bits per heavy atom. The van der Waals surface area contributed by atoms with E-state index in [4.69, 9.17) is 0 Å². The van der Waals surface area contributed by atoms with Crippen molar-refractivity contribution in [1.82, 2.24) is 15.6 Å². The van der Waals surface area contributed by atoms with Crippen LogP contribution in [0.2, 0.25) is 0 Å². The number of aromatic nitrogens is 1. The number of hydrogen-bond donors (Lipinski definition) is 2. The van der Waals surface area contributed by atoms with Gasteiger partial charge in [-0.2, -0.15) is 0 Å². The Balaban J connectivity index is 1.71. The van der Waals surface area contributed by atoms with Crippen molar-refractivity contribution >= 4 is 17.3 Å². The molecule has 0 aliphatic carbocycles. The van der Waals surface area contributed by atoms with Crippen LogP contribution in [0.15, 0.2) is 29.3 Å². The Labute approximate surface area is 147 Å². The zero-order valence-corrected chi connectivity index (χ0v) is 15.3. The van der Waals surface area contributed by atoms with E-state index < -0.39 is 0 Å². The van der Waals surface area contributed by atoms with Crippen LogP contribution in [-0.4, -0.2) is 31.1 Å². The molecule has 0 saturated heterocycles. The summed E-state index contributed by atoms with van der Waals surface area (Å²) in [4.78, 5) is 10.2. The molecule has 0 bridgehead atoms. The lowest BCUT2D eigenvalue weighted by molar-refractivity contribution is 0.626. The highest BCUT2D eigenvalue weighted by atomic mass is 32.1. The van der Waals surface area contributed by atoms with Gasteiger partial charge in [0, 0.05) is 31.4 Å². The van der Waals surface area contributed by atoms with Gasteiger partial charge in [-0.05, 0) is 37.5 Å². The highest BCUT2D eigenvalue weighted by Crippen LogP contribution is 2.17. The molecule has 2 rings (SSSR count). The molecule has 2 aromatic rings. The molecule has 0 fully saturated rings. The van der Waals surface area contributed by atoms with Gasteiger partial charge in [0.25, 0.3) is 0 Å². The minimum absolute atomic E-state index is 0.201.